The van der Waals surface area contributed by atoms with Crippen LogP contribution in [0.5, 0.6) is 0 Å². The minimum atomic E-state index is -0.250. The highest BCUT2D eigenvalue weighted by atomic mass is 19.1. The van der Waals surface area contributed by atoms with Crippen LogP contribution in [-0.2, 0) is 4.79 Å². The van der Waals surface area contributed by atoms with E-state index in [0.717, 1.165) is 18.5 Å². The lowest BCUT2D eigenvalue weighted by atomic mass is 9.90. The van der Waals surface area contributed by atoms with Crippen LogP contribution in [0.4, 0.5) is 4.39 Å². The number of carbonyl (C=O) groups is 1. The van der Waals surface area contributed by atoms with Crippen molar-refractivity contribution in [3.8, 4) is 0 Å². The van der Waals surface area contributed by atoms with Gasteiger partial charge in [0.15, 0.2) is 0 Å². The van der Waals surface area contributed by atoms with Crippen LogP contribution < -0.4 is 5.32 Å². The molecule has 1 N–H and O–H groups in total. The highest BCUT2D eigenvalue weighted by molar-refractivity contribution is 5.77. The van der Waals surface area contributed by atoms with E-state index in [9.17, 15) is 9.18 Å². The van der Waals surface area contributed by atoms with E-state index in [2.05, 4.69) is 26.1 Å². The molecule has 1 atom stereocenters. The number of hydrogen-bond donors (Lipinski definition) is 1. The molecule has 0 spiro atoms. The Morgan fingerprint density at radius 1 is 1.43 bits per heavy atom. The van der Waals surface area contributed by atoms with Crippen molar-refractivity contribution < 1.29 is 9.18 Å². The summed E-state index contributed by atoms with van der Waals surface area (Å²) in [6, 6.07) is 6.50. The monoisotopic (exact) mass is 292 g/mol. The van der Waals surface area contributed by atoms with Crippen LogP contribution in [0.3, 0.4) is 0 Å². The average molecular weight is 292 g/mol. The molecule has 4 heteroatoms. The summed E-state index contributed by atoms with van der Waals surface area (Å²) in [6.45, 7) is 8.59. The lowest BCUT2D eigenvalue weighted by Crippen LogP contribution is -2.48. The van der Waals surface area contributed by atoms with Crippen LogP contribution in [0.25, 0.3) is 0 Å². The van der Waals surface area contributed by atoms with Gasteiger partial charge in [0, 0.05) is 26.1 Å². The average Bonchev–Trinajstić information content (AvgIpc) is 2.44. The van der Waals surface area contributed by atoms with E-state index in [1.165, 1.54) is 12.1 Å². The Kier molecular flexibility index (Phi) is 4.99. The summed E-state index contributed by atoms with van der Waals surface area (Å²) < 4.78 is 13.4. The molecule has 1 aromatic carbocycles. The van der Waals surface area contributed by atoms with Gasteiger partial charge in [-0.05, 0) is 29.5 Å². The van der Waals surface area contributed by atoms with Gasteiger partial charge in [-0.2, -0.15) is 0 Å². The number of rotatable bonds is 3. The maximum Gasteiger partial charge on any atom is 0.223 e. The van der Waals surface area contributed by atoms with E-state index < -0.39 is 0 Å². The minimum Gasteiger partial charge on any atom is -0.333 e. The van der Waals surface area contributed by atoms with Gasteiger partial charge in [-0.25, -0.2) is 4.39 Å². The molecule has 1 aliphatic rings. The van der Waals surface area contributed by atoms with Gasteiger partial charge in [0.25, 0.3) is 0 Å². The van der Waals surface area contributed by atoms with Crippen molar-refractivity contribution >= 4 is 5.91 Å². The number of nitrogens with one attached hydrogen (secondary N) is 1. The summed E-state index contributed by atoms with van der Waals surface area (Å²) in [5, 5.41) is 3.29. The predicted octanol–water partition coefficient (Wildman–Crippen LogP) is 3.12. The van der Waals surface area contributed by atoms with Crippen LogP contribution in [0.2, 0.25) is 0 Å². The number of benzene rings is 1. The van der Waals surface area contributed by atoms with Gasteiger partial charge < -0.3 is 10.2 Å². The smallest absolute Gasteiger partial charge is 0.223 e. The van der Waals surface area contributed by atoms with E-state index in [4.69, 9.17) is 0 Å². The second-order valence-corrected chi connectivity index (χ2v) is 6.92. The zero-order valence-electron chi connectivity index (χ0n) is 13.2. The molecule has 3 nitrogen and oxygen atoms in total. The molecule has 1 heterocycles. The number of amides is 1. The van der Waals surface area contributed by atoms with Crippen molar-refractivity contribution in [2.75, 3.05) is 19.6 Å². The lowest BCUT2D eigenvalue weighted by molar-refractivity contribution is -0.135. The van der Waals surface area contributed by atoms with E-state index in [1.54, 1.807) is 6.07 Å². The number of piperazine rings is 1. The maximum absolute atomic E-state index is 13.4. The largest absolute Gasteiger partial charge is 0.333 e. The number of nitrogens with zero attached hydrogens (tertiary/aromatic N) is 1. The van der Waals surface area contributed by atoms with E-state index in [-0.39, 0.29) is 23.2 Å². The van der Waals surface area contributed by atoms with Gasteiger partial charge in [-0.3, -0.25) is 4.79 Å². The number of halogens is 1. The van der Waals surface area contributed by atoms with Crippen LogP contribution in [-0.4, -0.2) is 30.4 Å². The quantitative estimate of drug-likeness (QED) is 0.928. The van der Waals surface area contributed by atoms with Gasteiger partial charge in [0.2, 0.25) is 5.91 Å². The van der Waals surface area contributed by atoms with Crippen LogP contribution >= 0.6 is 0 Å². The Labute approximate surface area is 126 Å². The van der Waals surface area contributed by atoms with Crippen LogP contribution in [0, 0.1) is 11.2 Å². The molecule has 1 amide bonds. The van der Waals surface area contributed by atoms with Crippen molar-refractivity contribution in [2.45, 2.75) is 39.7 Å². The van der Waals surface area contributed by atoms with Gasteiger partial charge in [0.05, 0.1) is 6.04 Å². The Bertz CT molecular complexity index is 496. The first-order valence-corrected chi connectivity index (χ1v) is 7.62. The Balaban J connectivity index is 2.10. The second-order valence-electron chi connectivity index (χ2n) is 6.92. The van der Waals surface area contributed by atoms with Gasteiger partial charge in [-0.1, -0.05) is 32.9 Å². The molecule has 2 rings (SSSR count). The highest BCUT2D eigenvalue weighted by Gasteiger charge is 2.28. The third-order valence-electron chi connectivity index (χ3n) is 3.89. The summed E-state index contributed by atoms with van der Waals surface area (Å²) in [6.07, 6.45) is 1.42. The first kappa shape index (κ1) is 16.0. The van der Waals surface area contributed by atoms with Gasteiger partial charge in [-0.15, -0.1) is 0 Å². The Hall–Kier alpha value is -1.42. The van der Waals surface area contributed by atoms with Gasteiger partial charge in [0.1, 0.15) is 5.82 Å². The SMILES string of the molecule is CC(C)(C)CCC(=O)N1CCNCC1c1cccc(F)c1. The number of carbonyl (C=O) groups excluding carboxylic acids is 1. The summed E-state index contributed by atoms with van der Waals surface area (Å²) in [5.74, 6) is -0.0825. The third-order valence-corrected chi connectivity index (χ3v) is 3.89. The minimum absolute atomic E-state index is 0.0677. The molecule has 0 saturated carbocycles. The summed E-state index contributed by atoms with van der Waals surface area (Å²) in [7, 11) is 0. The van der Waals surface area contributed by atoms with E-state index >= 15 is 0 Å². The fraction of sp³-hybridized carbons (Fsp3) is 0.588. The van der Waals surface area contributed by atoms with Crippen LogP contribution in [0.1, 0.15) is 45.2 Å². The summed E-state index contributed by atoms with van der Waals surface area (Å²) in [5.41, 5.74) is 1.02. The van der Waals surface area contributed by atoms with Crippen molar-refractivity contribution in [2.24, 2.45) is 5.41 Å². The number of hydrogen-bond acceptors (Lipinski definition) is 2. The fourth-order valence-electron chi connectivity index (χ4n) is 2.64. The standard InChI is InChI=1S/C17H25FN2O/c1-17(2,3)8-7-16(21)20-10-9-19-12-15(20)13-5-4-6-14(18)11-13/h4-6,11,15,19H,7-10,12H2,1-3H3. The molecule has 0 aromatic heterocycles. The Morgan fingerprint density at radius 2 is 2.19 bits per heavy atom. The Morgan fingerprint density at radius 3 is 2.86 bits per heavy atom. The topological polar surface area (TPSA) is 32.3 Å². The summed E-state index contributed by atoms with van der Waals surface area (Å²) in [4.78, 5) is 14.4. The summed E-state index contributed by atoms with van der Waals surface area (Å²) >= 11 is 0. The normalized spacial score (nSPS) is 19.6. The molecule has 1 aliphatic heterocycles. The third kappa shape index (κ3) is 4.53. The fourth-order valence-corrected chi connectivity index (χ4v) is 2.64. The molecule has 1 fully saturated rings. The highest BCUT2D eigenvalue weighted by Crippen LogP contribution is 2.26. The maximum atomic E-state index is 13.4. The van der Waals surface area contributed by atoms with Gasteiger partial charge >= 0.3 is 0 Å². The molecular weight excluding hydrogens is 267 g/mol. The second kappa shape index (κ2) is 6.56. The van der Waals surface area contributed by atoms with E-state index in [0.29, 0.717) is 19.5 Å². The molecule has 116 valence electrons. The van der Waals surface area contributed by atoms with Crippen molar-refractivity contribution in [3.63, 3.8) is 0 Å². The molecular formula is C17H25FN2O. The zero-order valence-corrected chi connectivity index (χ0v) is 13.2. The van der Waals surface area contributed by atoms with Crippen molar-refractivity contribution in [3.05, 3.63) is 35.6 Å². The molecule has 1 unspecified atom stereocenters. The first-order valence-electron chi connectivity index (χ1n) is 7.62. The lowest BCUT2D eigenvalue weighted by Gasteiger charge is -2.37. The first-order chi connectivity index (χ1) is 9.87. The molecule has 21 heavy (non-hydrogen) atoms. The van der Waals surface area contributed by atoms with Crippen molar-refractivity contribution in [1.82, 2.24) is 10.2 Å². The molecule has 1 aromatic rings. The van der Waals surface area contributed by atoms with Crippen LogP contribution in [0.15, 0.2) is 24.3 Å². The molecule has 1 saturated heterocycles. The predicted molar refractivity (Wildman–Crippen MR) is 82.4 cm³/mol. The van der Waals surface area contributed by atoms with Crippen molar-refractivity contribution in [1.29, 1.82) is 0 Å². The molecule has 0 radical (unpaired) electrons. The zero-order chi connectivity index (χ0) is 15.5. The molecule has 0 bridgehead atoms. The molecule has 0 aliphatic carbocycles. The van der Waals surface area contributed by atoms with E-state index in [1.807, 2.05) is 11.0 Å².